The van der Waals surface area contributed by atoms with Gasteiger partial charge in [-0.3, -0.25) is 4.68 Å². The Labute approximate surface area is 115 Å². The second kappa shape index (κ2) is 5.64. The lowest BCUT2D eigenvalue weighted by Crippen LogP contribution is -2.12. The van der Waals surface area contributed by atoms with Gasteiger partial charge in [-0.1, -0.05) is 6.92 Å². The zero-order valence-corrected chi connectivity index (χ0v) is 12.0. The van der Waals surface area contributed by atoms with E-state index in [1.807, 2.05) is 16.8 Å². The maximum atomic E-state index is 11.1. The topological polar surface area (TPSA) is 90.9 Å². The van der Waals surface area contributed by atoms with Crippen molar-refractivity contribution in [3.63, 3.8) is 0 Å². The van der Waals surface area contributed by atoms with Crippen molar-refractivity contribution in [2.24, 2.45) is 5.14 Å². The smallest absolute Gasteiger partial charge is 0.256 e. The molecule has 0 spiro atoms. The average molecular weight is 298 g/mol. The predicted molar refractivity (Wildman–Crippen MR) is 74.9 cm³/mol. The zero-order valence-electron chi connectivity index (χ0n) is 10.4. The lowest BCUT2D eigenvalue weighted by molar-refractivity contribution is 0.595. The molecule has 0 bridgehead atoms. The van der Waals surface area contributed by atoms with Gasteiger partial charge in [-0.2, -0.15) is 5.10 Å². The molecule has 0 radical (unpaired) electrons. The molecule has 0 aliphatic carbocycles. The molecule has 8 heteroatoms. The third kappa shape index (κ3) is 3.49. The molecule has 2 heterocycles. The molecule has 2 rings (SSSR count). The van der Waals surface area contributed by atoms with Crippen LogP contribution in [0.1, 0.15) is 24.0 Å². The highest BCUT2D eigenvalue weighted by atomic mass is 32.2. The number of primary sulfonamides is 1. The van der Waals surface area contributed by atoms with E-state index in [-0.39, 0.29) is 5.03 Å². The summed E-state index contributed by atoms with van der Waals surface area (Å²) in [6.07, 6.45) is 6.33. The standard InChI is InChI=1S/C11H14N4O2S2/c1-2-7-15-9(5-6-13-15)3-4-10-14-11(8-18-10)19(12,16)17/h3-6,8H,2,7H2,1H3,(H2,12,16,17)/b4-3+. The van der Waals surface area contributed by atoms with Crippen LogP contribution in [0.2, 0.25) is 0 Å². The number of sulfonamides is 1. The van der Waals surface area contributed by atoms with E-state index in [1.54, 1.807) is 12.3 Å². The number of hydrogen-bond donors (Lipinski definition) is 1. The Bertz CT molecular complexity index is 685. The molecular weight excluding hydrogens is 284 g/mol. The first-order valence-corrected chi connectivity index (χ1v) is 8.11. The second-order valence-electron chi connectivity index (χ2n) is 3.88. The van der Waals surface area contributed by atoms with Gasteiger partial charge in [-0.05, 0) is 24.6 Å². The summed E-state index contributed by atoms with van der Waals surface area (Å²) in [6, 6.07) is 1.89. The van der Waals surface area contributed by atoms with Crippen LogP contribution in [-0.4, -0.2) is 23.2 Å². The van der Waals surface area contributed by atoms with Gasteiger partial charge in [0.1, 0.15) is 5.01 Å². The van der Waals surface area contributed by atoms with E-state index < -0.39 is 10.0 Å². The lowest BCUT2D eigenvalue weighted by Gasteiger charge is -2.00. The van der Waals surface area contributed by atoms with Crippen LogP contribution in [0.5, 0.6) is 0 Å². The molecule has 0 unspecified atom stereocenters. The lowest BCUT2D eigenvalue weighted by atomic mass is 10.3. The van der Waals surface area contributed by atoms with E-state index >= 15 is 0 Å². The fraction of sp³-hybridized carbons (Fsp3) is 0.273. The number of aryl methyl sites for hydroxylation is 1. The van der Waals surface area contributed by atoms with Crippen molar-refractivity contribution < 1.29 is 8.42 Å². The Morgan fingerprint density at radius 3 is 2.89 bits per heavy atom. The molecule has 6 nitrogen and oxygen atoms in total. The molecular formula is C11H14N4O2S2. The van der Waals surface area contributed by atoms with E-state index in [4.69, 9.17) is 5.14 Å². The van der Waals surface area contributed by atoms with Crippen LogP contribution in [0, 0.1) is 0 Å². The quantitative estimate of drug-likeness (QED) is 0.907. The van der Waals surface area contributed by atoms with Gasteiger partial charge in [0, 0.05) is 18.1 Å². The first-order chi connectivity index (χ1) is 9.00. The summed E-state index contributed by atoms with van der Waals surface area (Å²) >= 11 is 1.23. The van der Waals surface area contributed by atoms with Crippen molar-refractivity contribution in [3.05, 3.63) is 28.3 Å². The van der Waals surface area contributed by atoms with Crippen LogP contribution >= 0.6 is 11.3 Å². The first-order valence-electron chi connectivity index (χ1n) is 5.69. The molecule has 0 saturated heterocycles. The first kappa shape index (κ1) is 13.9. The normalized spacial score (nSPS) is 12.3. The molecule has 2 aromatic heterocycles. The van der Waals surface area contributed by atoms with E-state index in [0.29, 0.717) is 5.01 Å². The van der Waals surface area contributed by atoms with Gasteiger partial charge in [0.25, 0.3) is 10.0 Å². The summed E-state index contributed by atoms with van der Waals surface area (Å²) in [5, 5.41) is 11.1. The Kier molecular flexibility index (Phi) is 4.13. The Hall–Kier alpha value is -1.51. The fourth-order valence-corrected chi connectivity index (χ4v) is 3.06. The number of rotatable bonds is 5. The van der Waals surface area contributed by atoms with Gasteiger partial charge in [0.15, 0.2) is 5.03 Å². The number of nitrogens with two attached hydrogens (primary N) is 1. The molecule has 0 saturated carbocycles. The molecule has 0 aliphatic rings. The van der Waals surface area contributed by atoms with Gasteiger partial charge in [-0.25, -0.2) is 18.5 Å². The van der Waals surface area contributed by atoms with Crippen molar-refractivity contribution in [2.45, 2.75) is 24.9 Å². The van der Waals surface area contributed by atoms with Crippen LogP contribution in [0.3, 0.4) is 0 Å². The Morgan fingerprint density at radius 1 is 1.47 bits per heavy atom. The minimum absolute atomic E-state index is 0.0979. The maximum Gasteiger partial charge on any atom is 0.256 e. The molecule has 2 N–H and O–H groups in total. The summed E-state index contributed by atoms with van der Waals surface area (Å²) in [6.45, 7) is 2.92. The summed E-state index contributed by atoms with van der Waals surface area (Å²) in [5.41, 5.74) is 0.953. The van der Waals surface area contributed by atoms with Gasteiger partial charge < -0.3 is 0 Å². The third-order valence-electron chi connectivity index (χ3n) is 2.37. The van der Waals surface area contributed by atoms with E-state index in [9.17, 15) is 8.42 Å². The molecule has 0 fully saturated rings. The maximum absolute atomic E-state index is 11.1. The van der Waals surface area contributed by atoms with Crippen LogP contribution in [0.25, 0.3) is 12.2 Å². The van der Waals surface area contributed by atoms with Crippen LogP contribution < -0.4 is 5.14 Å². The minimum Gasteiger partial charge on any atom is -0.266 e. The molecule has 102 valence electrons. The number of nitrogens with zero attached hydrogens (tertiary/aromatic N) is 3. The van der Waals surface area contributed by atoms with Crippen LogP contribution in [-0.2, 0) is 16.6 Å². The average Bonchev–Trinajstić information content (AvgIpc) is 2.94. The van der Waals surface area contributed by atoms with E-state index in [0.717, 1.165) is 18.7 Å². The van der Waals surface area contributed by atoms with Gasteiger partial charge >= 0.3 is 0 Å². The van der Waals surface area contributed by atoms with Crippen molar-refractivity contribution in [2.75, 3.05) is 0 Å². The predicted octanol–water partition coefficient (Wildman–Crippen LogP) is 1.57. The molecule has 19 heavy (non-hydrogen) atoms. The number of hydrogen-bond acceptors (Lipinski definition) is 5. The van der Waals surface area contributed by atoms with E-state index in [2.05, 4.69) is 17.0 Å². The van der Waals surface area contributed by atoms with Crippen LogP contribution in [0.4, 0.5) is 0 Å². The van der Waals surface area contributed by atoms with Crippen molar-refractivity contribution in [1.82, 2.24) is 14.8 Å². The fourth-order valence-electron chi connectivity index (χ4n) is 1.52. The summed E-state index contributed by atoms with van der Waals surface area (Å²) in [4.78, 5) is 3.95. The highest BCUT2D eigenvalue weighted by molar-refractivity contribution is 7.89. The monoisotopic (exact) mass is 298 g/mol. The van der Waals surface area contributed by atoms with Crippen molar-refractivity contribution >= 4 is 33.5 Å². The largest absolute Gasteiger partial charge is 0.266 e. The SMILES string of the molecule is CCCn1nccc1/C=C/c1nc(S(N)(=O)=O)cs1. The van der Waals surface area contributed by atoms with Crippen LogP contribution in [0.15, 0.2) is 22.7 Å². The van der Waals surface area contributed by atoms with Crippen molar-refractivity contribution in [3.8, 4) is 0 Å². The number of aromatic nitrogens is 3. The zero-order chi connectivity index (χ0) is 13.9. The minimum atomic E-state index is -3.72. The Balaban J connectivity index is 2.19. The summed E-state index contributed by atoms with van der Waals surface area (Å²) < 4.78 is 24.1. The van der Waals surface area contributed by atoms with Crippen molar-refractivity contribution in [1.29, 1.82) is 0 Å². The molecule has 2 aromatic rings. The highest BCUT2D eigenvalue weighted by Crippen LogP contribution is 2.16. The highest BCUT2D eigenvalue weighted by Gasteiger charge is 2.11. The third-order valence-corrected chi connectivity index (χ3v) is 4.13. The summed E-state index contributed by atoms with van der Waals surface area (Å²) in [7, 11) is -3.72. The molecule has 0 amide bonds. The van der Waals surface area contributed by atoms with E-state index in [1.165, 1.54) is 16.7 Å². The molecule has 0 aromatic carbocycles. The Morgan fingerprint density at radius 2 is 2.26 bits per heavy atom. The van der Waals surface area contributed by atoms with Gasteiger partial charge in [-0.15, -0.1) is 11.3 Å². The number of thiazole rings is 1. The van der Waals surface area contributed by atoms with Gasteiger partial charge in [0.05, 0.1) is 5.69 Å². The molecule has 0 aliphatic heterocycles. The second-order valence-corrected chi connectivity index (χ2v) is 6.28. The van der Waals surface area contributed by atoms with Gasteiger partial charge in [0.2, 0.25) is 0 Å². The molecule has 0 atom stereocenters. The summed E-state index contributed by atoms with van der Waals surface area (Å²) in [5.74, 6) is 0.